The van der Waals surface area contributed by atoms with E-state index in [-0.39, 0.29) is 11.9 Å². The lowest BCUT2D eigenvalue weighted by atomic mass is 10.2. The van der Waals surface area contributed by atoms with Crippen LogP contribution in [0.5, 0.6) is 5.75 Å². The molecule has 0 unspecified atom stereocenters. The molecule has 1 aliphatic rings. The van der Waals surface area contributed by atoms with Crippen molar-refractivity contribution in [1.29, 1.82) is 0 Å². The number of aromatic nitrogens is 1. The number of hydrogen-bond donors (Lipinski definition) is 1. The summed E-state index contributed by atoms with van der Waals surface area (Å²) in [5.41, 5.74) is 1.67. The highest BCUT2D eigenvalue weighted by atomic mass is 32.1. The largest absolute Gasteiger partial charge is 0.497 e. The Hall–Kier alpha value is -2.64. The predicted molar refractivity (Wildman–Crippen MR) is 110 cm³/mol. The van der Waals surface area contributed by atoms with Crippen LogP contribution in [0.4, 0.5) is 5.69 Å². The van der Waals surface area contributed by atoms with Gasteiger partial charge in [-0.3, -0.25) is 9.69 Å². The summed E-state index contributed by atoms with van der Waals surface area (Å²) < 4.78 is 11.0. The van der Waals surface area contributed by atoms with Crippen LogP contribution in [0.15, 0.2) is 46.2 Å². The van der Waals surface area contributed by atoms with Crippen molar-refractivity contribution >= 4 is 22.9 Å². The molecule has 7 heteroatoms. The number of carbonyl (C=O) groups excluding carboxylic acids is 1. The Kier molecular flexibility index (Phi) is 5.45. The van der Waals surface area contributed by atoms with Crippen LogP contribution in [-0.4, -0.2) is 35.5 Å². The molecule has 4 rings (SSSR count). The molecule has 28 heavy (non-hydrogen) atoms. The molecule has 3 heterocycles. The number of nitrogens with zero attached hydrogens (tertiary/aromatic N) is 2. The van der Waals surface area contributed by atoms with Crippen molar-refractivity contribution in [2.75, 3.05) is 19.0 Å². The lowest BCUT2D eigenvalue weighted by molar-refractivity contribution is -0.120. The van der Waals surface area contributed by atoms with E-state index in [0.717, 1.165) is 47.2 Å². The molecule has 1 N–H and O–H groups in total. The highest BCUT2D eigenvalue weighted by Gasteiger charge is 2.32. The average Bonchev–Trinajstić information content (AvgIpc) is 3.44. The number of nitrogens with one attached hydrogen (secondary N) is 1. The molecular formula is C21H23N3O3S. The monoisotopic (exact) mass is 397 g/mol. The zero-order chi connectivity index (χ0) is 19.5. The van der Waals surface area contributed by atoms with E-state index < -0.39 is 0 Å². The van der Waals surface area contributed by atoms with Gasteiger partial charge in [-0.1, -0.05) is 6.07 Å². The fraction of sp³-hybridized carbons (Fsp3) is 0.333. The van der Waals surface area contributed by atoms with E-state index in [9.17, 15) is 4.79 Å². The van der Waals surface area contributed by atoms with Crippen molar-refractivity contribution < 1.29 is 13.9 Å². The first kappa shape index (κ1) is 18.7. The van der Waals surface area contributed by atoms with Crippen LogP contribution in [0.1, 0.15) is 24.3 Å². The maximum Gasteiger partial charge on any atom is 0.241 e. The first-order valence-electron chi connectivity index (χ1n) is 9.33. The molecule has 1 amide bonds. The third-order valence-electron chi connectivity index (χ3n) is 5.00. The Morgan fingerprint density at radius 2 is 2.18 bits per heavy atom. The molecule has 1 aromatic carbocycles. The molecule has 1 atom stereocenters. The summed E-state index contributed by atoms with van der Waals surface area (Å²) in [6, 6.07) is 11.2. The Morgan fingerprint density at radius 3 is 2.89 bits per heavy atom. The van der Waals surface area contributed by atoms with Crippen molar-refractivity contribution in [3.8, 4) is 16.5 Å². The molecule has 0 radical (unpaired) electrons. The van der Waals surface area contributed by atoms with Gasteiger partial charge < -0.3 is 14.5 Å². The summed E-state index contributed by atoms with van der Waals surface area (Å²) in [4.78, 5) is 20.7. The van der Waals surface area contributed by atoms with Gasteiger partial charge in [0.15, 0.2) is 0 Å². The zero-order valence-corrected chi connectivity index (χ0v) is 16.8. The van der Waals surface area contributed by atoms with E-state index in [2.05, 4.69) is 15.2 Å². The lowest BCUT2D eigenvalue weighted by Crippen LogP contribution is -2.39. The van der Waals surface area contributed by atoms with Crippen molar-refractivity contribution in [3.05, 3.63) is 53.2 Å². The van der Waals surface area contributed by atoms with Crippen LogP contribution in [0.25, 0.3) is 10.8 Å². The Balaban J connectivity index is 1.44. The SMILES string of the molecule is COc1ccc(NC(=O)[C@H]2CCCN2Cc2nc(-c3cccs3)oc2C)cc1. The molecule has 0 bridgehead atoms. The summed E-state index contributed by atoms with van der Waals surface area (Å²) in [6.07, 6.45) is 1.84. The summed E-state index contributed by atoms with van der Waals surface area (Å²) in [5.74, 6) is 2.25. The van der Waals surface area contributed by atoms with Crippen LogP contribution in [0.2, 0.25) is 0 Å². The third-order valence-corrected chi connectivity index (χ3v) is 5.86. The number of benzene rings is 1. The molecular weight excluding hydrogens is 374 g/mol. The summed E-state index contributed by atoms with van der Waals surface area (Å²) >= 11 is 1.61. The van der Waals surface area contributed by atoms with Gasteiger partial charge in [-0.25, -0.2) is 4.98 Å². The second-order valence-electron chi connectivity index (χ2n) is 6.85. The maximum atomic E-state index is 12.8. The Bertz CT molecular complexity index is 934. The Labute approximate surface area is 168 Å². The van der Waals surface area contributed by atoms with Crippen molar-refractivity contribution in [2.45, 2.75) is 32.4 Å². The number of anilines is 1. The molecule has 1 fully saturated rings. The minimum absolute atomic E-state index is 0.0160. The van der Waals surface area contributed by atoms with Gasteiger partial charge in [0, 0.05) is 12.2 Å². The molecule has 1 aliphatic heterocycles. The normalized spacial score (nSPS) is 17.0. The van der Waals surface area contributed by atoms with Gasteiger partial charge in [-0.2, -0.15) is 0 Å². The zero-order valence-electron chi connectivity index (χ0n) is 16.0. The Morgan fingerprint density at radius 1 is 1.36 bits per heavy atom. The third kappa shape index (κ3) is 3.95. The molecule has 0 spiro atoms. The van der Waals surface area contributed by atoms with Gasteiger partial charge in [0.2, 0.25) is 11.8 Å². The maximum absolute atomic E-state index is 12.8. The van der Waals surface area contributed by atoms with Gasteiger partial charge in [0.1, 0.15) is 11.5 Å². The smallest absolute Gasteiger partial charge is 0.241 e. The first-order chi connectivity index (χ1) is 13.6. The van der Waals surface area contributed by atoms with Crippen LogP contribution in [0.3, 0.4) is 0 Å². The number of rotatable bonds is 6. The minimum atomic E-state index is -0.164. The van der Waals surface area contributed by atoms with Crippen molar-refractivity contribution in [1.82, 2.24) is 9.88 Å². The number of thiophene rings is 1. The number of ether oxygens (including phenoxy) is 1. The summed E-state index contributed by atoms with van der Waals surface area (Å²) in [5, 5.41) is 5.02. The summed E-state index contributed by atoms with van der Waals surface area (Å²) in [6.45, 7) is 3.42. The van der Waals surface area contributed by atoms with Gasteiger partial charge in [0.05, 0.1) is 23.7 Å². The van der Waals surface area contributed by atoms with Gasteiger partial charge in [0.25, 0.3) is 0 Å². The standard InChI is InChI=1S/C21H23N3O3S/c1-14-17(23-21(27-14)19-6-4-12-28-19)13-24-11-3-5-18(24)20(25)22-15-7-9-16(26-2)10-8-15/h4,6-10,12,18H,3,5,11,13H2,1-2H3,(H,22,25)/t18-/m1/s1. The number of hydrogen-bond acceptors (Lipinski definition) is 6. The van der Waals surface area contributed by atoms with E-state index in [1.165, 1.54) is 0 Å². The number of likely N-dealkylation sites (tertiary alicyclic amines) is 1. The second-order valence-corrected chi connectivity index (χ2v) is 7.79. The van der Waals surface area contributed by atoms with E-state index in [4.69, 9.17) is 9.15 Å². The lowest BCUT2D eigenvalue weighted by Gasteiger charge is -2.23. The highest BCUT2D eigenvalue weighted by molar-refractivity contribution is 7.13. The van der Waals surface area contributed by atoms with Gasteiger partial charge in [-0.05, 0) is 62.0 Å². The van der Waals surface area contributed by atoms with E-state index in [1.54, 1.807) is 18.4 Å². The second kappa shape index (κ2) is 8.16. The first-order valence-corrected chi connectivity index (χ1v) is 10.2. The molecule has 2 aromatic heterocycles. The number of aryl methyl sites for hydroxylation is 1. The molecule has 3 aromatic rings. The fourth-order valence-corrected chi connectivity index (χ4v) is 4.13. The van der Waals surface area contributed by atoms with E-state index in [1.807, 2.05) is 48.7 Å². The topological polar surface area (TPSA) is 67.6 Å². The number of methoxy groups -OCH3 is 1. The predicted octanol–water partition coefficient (Wildman–Crippen LogP) is 4.32. The fourth-order valence-electron chi connectivity index (χ4n) is 3.48. The van der Waals surface area contributed by atoms with E-state index in [0.29, 0.717) is 12.4 Å². The van der Waals surface area contributed by atoms with Crippen molar-refractivity contribution in [2.24, 2.45) is 0 Å². The average molecular weight is 398 g/mol. The molecule has 146 valence electrons. The van der Waals surface area contributed by atoms with Gasteiger partial charge in [-0.15, -0.1) is 11.3 Å². The highest BCUT2D eigenvalue weighted by Crippen LogP contribution is 2.28. The minimum Gasteiger partial charge on any atom is -0.497 e. The number of amides is 1. The number of carbonyl (C=O) groups is 1. The molecule has 1 saturated heterocycles. The van der Waals surface area contributed by atoms with E-state index >= 15 is 0 Å². The summed E-state index contributed by atoms with van der Waals surface area (Å²) in [7, 11) is 1.62. The molecule has 0 aliphatic carbocycles. The molecule has 6 nitrogen and oxygen atoms in total. The van der Waals surface area contributed by atoms with Crippen molar-refractivity contribution in [3.63, 3.8) is 0 Å². The molecule has 0 saturated carbocycles. The van der Waals surface area contributed by atoms with Crippen LogP contribution in [0, 0.1) is 6.92 Å². The van der Waals surface area contributed by atoms with Crippen LogP contribution >= 0.6 is 11.3 Å². The quantitative estimate of drug-likeness (QED) is 0.671. The number of oxazole rings is 1. The van der Waals surface area contributed by atoms with Gasteiger partial charge >= 0.3 is 0 Å². The van der Waals surface area contributed by atoms with Crippen LogP contribution < -0.4 is 10.1 Å². The van der Waals surface area contributed by atoms with Crippen LogP contribution in [-0.2, 0) is 11.3 Å².